The van der Waals surface area contributed by atoms with Gasteiger partial charge in [0.1, 0.15) is 5.75 Å². The van der Waals surface area contributed by atoms with Crippen LogP contribution in [0.3, 0.4) is 0 Å². The van der Waals surface area contributed by atoms with E-state index in [9.17, 15) is 0 Å². The lowest BCUT2D eigenvalue weighted by Crippen LogP contribution is -2.59. The largest absolute Gasteiger partial charge is 0.463 e. The molecule has 0 saturated heterocycles. The summed E-state index contributed by atoms with van der Waals surface area (Å²) in [7, 11) is 0. The van der Waals surface area contributed by atoms with Crippen LogP contribution >= 0.6 is 15.9 Å². The van der Waals surface area contributed by atoms with E-state index >= 15 is 0 Å². The van der Waals surface area contributed by atoms with Crippen molar-refractivity contribution >= 4 is 27.7 Å². The van der Waals surface area contributed by atoms with Crippen LogP contribution in [0.5, 0.6) is 5.75 Å². The average molecular weight is 398 g/mol. The zero-order chi connectivity index (χ0) is 17.5. The molecule has 2 aliphatic heterocycles. The molecule has 2 heterocycles. The quantitative estimate of drug-likeness (QED) is 0.480. The van der Waals surface area contributed by atoms with Crippen LogP contribution in [-0.4, -0.2) is 17.6 Å². The normalized spacial score (nSPS) is 22.6. The van der Waals surface area contributed by atoms with Crippen molar-refractivity contribution in [3.8, 4) is 5.75 Å². The molecule has 0 aromatic heterocycles. The van der Waals surface area contributed by atoms with E-state index < -0.39 is 5.72 Å². The third kappa shape index (κ3) is 2.43. The Balaban J connectivity index is 1.82. The maximum absolute atomic E-state index is 6.75. The highest BCUT2D eigenvalue weighted by molar-refractivity contribution is 9.09. The Morgan fingerprint density at radius 3 is 2.60 bits per heavy atom. The first-order valence-electron chi connectivity index (χ1n) is 9.00. The van der Waals surface area contributed by atoms with Crippen LogP contribution in [-0.2, 0) is 5.41 Å². The molecule has 2 aromatic carbocycles. The lowest BCUT2D eigenvalue weighted by Gasteiger charge is -2.47. The number of anilines is 1. The van der Waals surface area contributed by atoms with Crippen molar-refractivity contribution in [3.63, 3.8) is 0 Å². The number of fused-ring (bicyclic) bond motifs is 2. The van der Waals surface area contributed by atoms with Crippen molar-refractivity contribution in [2.75, 3.05) is 16.8 Å². The molecule has 4 rings (SSSR count). The van der Waals surface area contributed by atoms with E-state index in [1.54, 1.807) is 0 Å². The molecule has 1 atom stereocenters. The third-order valence-electron chi connectivity index (χ3n) is 5.60. The van der Waals surface area contributed by atoms with Crippen molar-refractivity contribution < 1.29 is 4.74 Å². The van der Waals surface area contributed by atoms with Crippen LogP contribution in [0.4, 0.5) is 5.69 Å². The summed E-state index contributed by atoms with van der Waals surface area (Å²) in [6.07, 6.45) is 6.79. The minimum absolute atomic E-state index is 0.137. The monoisotopic (exact) mass is 397 g/mol. The van der Waals surface area contributed by atoms with Gasteiger partial charge in [0.05, 0.1) is 5.41 Å². The fourth-order valence-corrected chi connectivity index (χ4v) is 4.59. The summed E-state index contributed by atoms with van der Waals surface area (Å²) in [6.45, 7) is 5.59. The molecule has 0 amide bonds. The number of ether oxygens (including phenoxy) is 1. The summed E-state index contributed by atoms with van der Waals surface area (Å²) >= 11 is 3.56. The lowest BCUT2D eigenvalue weighted by molar-refractivity contribution is 0.0533. The number of hydrogen-bond acceptors (Lipinski definition) is 2. The Bertz CT molecular complexity index is 813. The number of halogens is 1. The van der Waals surface area contributed by atoms with Crippen molar-refractivity contribution in [1.82, 2.24) is 0 Å². The second-order valence-corrected chi connectivity index (χ2v) is 8.15. The summed E-state index contributed by atoms with van der Waals surface area (Å²) in [5.74, 6) is 0.969. The van der Waals surface area contributed by atoms with Gasteiger partial charge in [-0.1, -0.05) is 52.3 Å². The van der Waals surface area contributed by atoms with Crippen molar-refractivity contribution in [2.45, 2.75) is 37.8 Å². The zero-order valence-corrected chi connectivity index (χ0v) is 16.4. The molecule has 0 N–H and O–H groups in total. The molecule has 2 aromatic rings. The topological polar surface area (TPSA) is 12.5 Å². The second-order valence-electron chi connectivity index (χ2n) is 7.36. The van der Waals surface area contributed by atoms with E-state index in [4.69, 9.17) is 4.74 Å². The number of nitrogens with zero attached hydrogens (tertiary/aromatic N) is 1. The van der Waals surface area contributed by atoms with Gasteiger partial charge in [0, 0.05) is 23.1 Å². The molecule has 3 heteroatoms. The molecule has 1 spiro atoms. The van der Waals surface area contributed by atoms with Gasteiger partial charge in [-0.05, 0) is 56.5 Å². The molecule has 0 aliphatic carbocycles. The minimum atomic E-state index is -0.475. The van der Waals surface area contributed by atoms with E-state index in [-0.39, 0.29) is 5.41 Å². The van der Waals surface area contributed by atoms with Crippen molar-refractivity contribution in [3.05, 3.63) is 65.7 Å². The SMILES string of the molecule is CC1(C)c2ccccc2N(CCCCBr)C12C=Cc1ccccc1O2. The van der Waals surface area contributed by atoms with Crippen molar-refractivity contribution in [1.29, 1.82) is 0 Å². The number of para-hydroxylation sites is 2. The Labute approximate surface area is 158 Å². The van der Waals surface area contributed by atoms with Crippen LogP contribution in [0.15, 0.2) is 54.6 Å². The zero-order valence-electron chi connectivity index (χ0n) is 14.8. The molecular formula is C22H24BrNO. The predicted molar refractivity (Wildman–Crippen MR) is 109 cm³/mol. The Morgan fingerprint density at radius 2 is 1.76 bits per heavy atom. The number of alkyl halides is 1. The van der Waals surface area contributed by atoms with E-state index in [1.807, 2.05) is 0 Å². The van der Waals surface area contributed by atoms with Crippen molar-refractivity contribution in [2.24, 2.45) is 0 Å². The first-order valence-corrected chi connectivity index (χ1v) is 10.1. The van der Waals surface area contributed by atoms with Crippen LogP contribution in [0, 0.1) is 0 Å². The molecule has 25 heavy (non-hydrogen) atoms. The molecule has 1 unspecified atom stereocenters. The van der Waals surface area contributed by atoms with Gasteiger partial charge < -0.3 is 9.64 Å². The highest BCUT2D eigenvalue weighted by Crippen LogP contribution is 2.54. The van der Waals surface area contributed by atoms with Gasteiger partial charge in [-0.15, -0.1) is 0 Å². The average Bonchev–Trinajstić information content (AvgIpc) is 2.81. The highest BCUT2D eigenvalue weighted by atomic mass is 79.9. The molecule has 0 fully saturated rings. The van der Waals surface area contributed by atoms with Gasteiger partial charge in [0.25, 0.3) is 0 Å². The predicted octanol–water partition coefficient (Wildman–Crippen LogP) is 5.76. The standard InChI is InChI=1S/C22H24BrNO/c1-21(2)18-10-4-5-11-19(18)24(16-8-7-15-23)22(21)14-13-17-9-3-6-12-20(17)25-22/h3-6,9-14H,7-8,15-16H2,1-2H3. The fraction of sp³-hybridized carbons (Fsp3) is 0.364. The number of rotatable bonds is 4. The van der Waals surface area contributed by atoms with Crippen LogP contribution < -0.4 is 9.64 Å². The Hall–Kier alpha value is -1.74. The fourth-order valence-electron chi connectivity index (χ4n) is 4.19. The van der Waals surface area contributed by atoms with E-state index in [2.05, 4.69) is 95.4 Å². The molecule has 0 radical (unpaired) electrons. The Morgan fingerprint density at radius 1 is 1.00 bits per heavy atom. The van der Waals surface area contributed by atoms with Gasteiger partial charge in [-0.3, -0.25) is 0 Å². The molecule has 2 aliphatic rings. The second kappa shape index (κ2) is 6.21. The lowest BCUT2D eigenvalue weighted by atomic mass is 9.76. The van der Waals surface area contributed by atoms with Gasteiger partial charge in [0.2, 0.25) is 5.72 Å². The highest BCUT2D eigenvalue weighted by Gasteiger charge is 2.58. The van der Waals surface area contributed by atoms with Gasteiger partial charge in [-0.25, -0.2) is 0 Å². The maximum atomic E-state index is 6.75. The van der Waals surface area contributed by atoms with E-state index in [1.165, 1.54) is 11.3 Å². The van der Waals surface area contributed by atoms with Crippen LogP contribution in [0.25, 0.3) is 6.08 Å². The summed E-state index contributed by atoms with van der Waals surface area (Å²) < 4.78 is 6.75. The summed E-state index contributed by atoms with van der Waals surface area (Å²) in [5.41, 5.74) is 3.20. The van der Waals surface area contributed by atoms with Crippen LogP contribution in [0.1, 0.15) is 37.8 Å². The Kier molecular flexibility index (Phi) is 4.15. The first-order chi connectivity index (χ1) is 12.1. The summed E-state index contributed by atoms with van der Waals surface area (Å²) in [6, 6.07) is 17.1. The number of benzene rings is 2. The van der Waals surface area contributed by atoms with Gasteiger partial charge in [-0.2, -0.15) is 0 Å². The smallest absolute Gasteiger partial charge is 0.212 e. The minimum Gasteiger partial charge on any atom is -0.463 e. The molecule has 130 valence electrons. The number of hydrogen-bond donors (Lipinski definition) is 0. The summed E-state index contributed by atoms with van der Waals surface area (Å²) in [4.78, 5) is 2.47. The molecule has 0 saturated carbocycles. The summed E-state index contributed by atoms with van der Waals surface area (Å²) in [5, 5.41) is 1.04. The molecular weight excluding hydrogens is 374 g/mol. The van der Waals surface area contributed by atoms with Gasteiger partial charge in [0.15, 0.2) is 0 Å². The molecule has 0 bridgehead atoms. The number of unbranched alkanes of at least 4 members (excludes halogenated alkanes) is 1. The first kappa shape index (κ1) is 16.7. The third-order valence-corrected chi connectivity index (χ3v) is 6.16. The maximum Gasteiger partial charge on any atom is 0.212 e. The van der Waals surface area contributed by atoms with Gasteiger partial charge >= 0.3 is 0 Å². The van der Waals surface area contributed by atoms with E-state index in [0.29, 0.717) is 0 Å². The van der Waals surface area contributed by atoms with E-state index in [0.717, 1.165) is 36.0 Å². The van der Waals surface area contributed by atoms with Crippen LogP contribution in [0.2, 0.25) is 0 Å². The molecule has 2 nitrogen and oxygen atoms in total.